The van der Waals surface area contributed by atoms with Crippen molar-refractivity contribution in [1.29, 1.82) is 0 Å². The van der Waals surface area contributed by atoms with Gasteiger partial charge in [-0.1, -0.05) is 17.2 Å². The topological polar surface area (TPSA) is 93.2 Å². The third-order valence-corrected chi connectivity index (χ3v) is 4.09. The van der Waals surface area contributed by atoms with E-state index in [0.29, 0.717) is 5.06 Å². The largest absolute Gasteiger partial charge is 0.444 e. The van der Waals surface area contributed by atoms with Crippen molar-refractivity contribution in [3.8, 4) is 0 Å². The molecule has 2 aliphatic rings. The number of halogens is 1. The minimum Gasteiger partial charge on any atom is -0.444 e. The monoisotopic (exact) mass is 378 g/mol. The Balaban J connectivity index is 1.74. The van der Waals surface area contributed by atoms with Gasteiger partial charge in [0.15, 0.2) is 0 Å². The van der Waals surface area contributed by atoms with Gasteiger partial charge in [-0.3, -0.25) is 14.5 Å². The molecule has 0 saturated carbocycles. The highest BCUT2D eigenvalue weighted by Gasteiger charge is 2.46. The highest BCUT2D eigenvalue weighted by Crippen LogP contribution is 2.27. The number of imide groups is 1. The molecule has 3 amide bonds. The van der Waals surface area contributed by atoms with Crippen LogP contribution in [0.1, 0.15) is 47.9 Å². The number of rotatable bonds is 2. The molecule has 3 rings (SSSR count). The van der Waals surface area contributed by atoms with E-state index in [1.54, 1.807) is 32.9 Å². The minimum atomic E-state index is -1.45. The normalized spacial score (nSPS) is 22.1. The molecule has 0 N–H and O–H groups in total. The highest BCUT2D eigenvalue weighted by atomic mass is 19.1. The lowest BCUT2D eigenvalue weighted by Gasteiger charge is -2.27. The van der Waals surface area contributed by atoms with Crippen LogP contribution in [0, 0.1) is 0 Å². The molecule has 27 heavy (non-hydrogen) atoms. The second-order valence-electron chi connectivity index (χ2n) is 7.34. The Kier molecular flexibility index (Phi) is 4.63. The van der Waals surface area contributed by atoms with Gasteiger partial charge in [-0.2, -0.15) is 0 Å². The van der Waals surface area contributed by atoms with E-state index >= 15 is 0 Å². The molecule has 1 saturated heterocycles. The first-order valence-electron chi connectivity index (χ1n) is 8.42. The number of carbonyl (C=O) groups excluding carboxylic acids is 4. The van der Waals surface area contributed by atoms with Crippen molar-refractivity contribution >= 4 is 23.9 Å². The van der Waals surface area contributed by atoms with E-state index in [1.807, 2.05) is 0 Å². The van der Waals surface area contributed by atoms with Crippen LogP contribution in [-0.4, -0.2) is 58.2 Å². The molecule has 0 aromatic heterocycles. The number of ether oxygens (including phenoxy) is 1. The van der Waals surface area contributed by atoms with Gasteiger partial charge in [0.1, 0.15) is 17.8 Å². The summed E-state index contributed by atoms with van der Waals surface area (Å²) in [6, 6.07) is 4.72. The maximum atomic E-state index is 13.9. The van der Waals surface area contributed by atoms with Crippen LogP contribution in [0.4, 0.5) is 9.18 Å². The molecule has 0 spiro atoms. The fourth-order valence-electron chi connectivity index (χ4n) is 2.93. The van der Waals surface area contributed by atoms with Crippen molar-refractivity contribution in [2.24, 2.45) is 0 Å². The van der Waals surface area contributed by atoms with Crippen molar-refractivity contribution in [2.45, 2.75) is 45.0 Å². The van der Waals surface area contributed by atoms with Crippen LogP contribution in [0.3, 0.4) is 0 Å². The zero-order valence-electron chi connectivity index (χ0n) is 15.1. The second-order valence-corrected chi connectivity index (χ2v) is 7.34. The van der Waals surface area contributed by atoms with Crippen LogP contribution in [0.15, 0.2) is 24.3 Å². The third-order valence-electron chi connectivity index (χ3n) is 4.09. The Morgan fingerprint density at radius 2 is 1.67 bits per heavy atom. The first-order chi connectivity index (χ1) is 12.6. The number of hydrogen-bond acceptors (Lipinski definition) is 6. The van der Waals surface area contributed by atoms with Gasteiger partial charge in [0.25, 0.3) is 11.8 Å². The van der Waals surface area contributed by atoms with Crippen LogP contribution < -0.4 is 0 Å². The van der Waals surface area contributed by atoms with Gasteiger partial charge in [-0.25, -0.2) is 14.0 Å². The number of likely N-dealkylation sites (tertiary alicyclic amines) is 1. The molecule has 2 atom stereocenters. The summed E-state index contributed by atoms with van der Waals surface area (Å²) in [5.74, 6) is -2.65. The maximum absolute atomic E-state index is 13.9. The van der Waals surface area contributed by atoms with E-state index in [0.717, 1.165) is 4.90 Å². The maximum Gasteiger partial charge on any atom is 0.411 e. The number of carbonyl (C=O) groups is 4. The van der Waals surface area contributed by atoms with Crippen LogP contribution in [0.5, 0.6) is 0 Å². The molecule has 0 unspecified atom stereocenters. The Morgan fingerprint density at radius 1 is 1.11 bits per heavy atom. The van der Waals surface area contributed by atoms with Crippen molar-refractivity contribution in [1.82, 2.24) is 9.96 Å². The first-order valence-corrected chi connectivity index (χ1v) is 8.42. The number of hydroxylamine groups is 2. The van der Waals surface area contributed by atoms with Crippen LogP contribution in [0.25, 0.3) is 0 Å². The minimum absolute atomic E-state index is 0.106. The molecule has 2 aliphatic heterocycles. The number of amides is 3. The van der Waals surface area contributed by atoms with Gasteiger partial charge in [0.05, 0.1) is 17.7 Å². The second kappa shape index (κ2) is 6.64. The molecule has 1 aromatic carbocycles. The van der Waals surface area contributed by atoms with Crippen LogP contribution in [0.2, 0.25) is 0 Å². The number of nitrogens with zero attached hydrogens (tertiary/aromatic N) is 2. The summed E-state index contributed by atoms with van der Waals surface area (Å²) in [7, 11) is 0. The predicted octanol–water partition coefficient (Wildman–Crippen LogP) is 2.09. The smallest absolute Gasteiger partial charge is 0.411 e. The summed E-state index contributed by atoms with van der Waals surface area (Å²) >= 11 is 0. The first kappa shape index (κ1) is 18.8. The molecule has 0 radical (unpaired) electrons. The Morgan fingerprint density at radius 3 is 2.19 bits per heavy atom. The van der Waals surface area contributed by atoms with E-state index in [4.69, 9.17) is 9.57 Å². The summed E-state index contributed by atoms with van der Waals surface area (Å²) in [6.45, 7) is 4.58. The zero-order valence-corrected chi connectivity index (χ0v) is 15.1. The van der Waals surface area contributed by atoms with Gasteiger partial charge in [0.2, 0.25) is 0 Å². The molecule has 0 aliphatic carbocycles. The van der Waals surface area contributed by atoms with Gasteiger partial charge in [-0.05, 0) is 32.9 Å². The quantitative estimate of drug-likeness (QED) is 0.732. The van der Waals surface area contributed by atoms with Gasteiger partial charge >= 0.3 is 12.1 Å². The zero-order chi connectivity index (χ0) is 19.9. The Bertz CT molecular complexity index is 783. The molecule has 9 heteroatoms. The molecule has 1 fully saturated rings. The lowest BCUT2D eigenvalue weighted by molar-refractivity contribution is -0.173. The summed E-state index contributed by atoms with van der Waals surface area (Å²) in [5, 5.41) is 0.339. The van der Waals surface area contributed by atoms with Crippen molar-refractivity contribution < 1.29 is 33.1 Å². The number of benzene rings is 1. The van der Waals surface area contributed by atoms with Crippen LogP contribution >= 0.6 is 0 Å². The van der Waals surface area contributed by atoms with Gasteiger partial charge in [0, 0.05) is 6.42 Å². The van der Waals surface area contributed by atoms with Crippen LogP contribution in [-0.2, 0) is 14.4 Å². The highest BCUT2D eigenvalue weighted by molar-refractivity contribution is 6.20. The molecule has 0 bridgehead atoms. The van der Waals surface area contributed by atoms with Gasteiger partial charge < -0.3 is 9.57 Å². The molecule has 8 nitrogen and oxygen atoms in total. The van der Waals surface area contributed by atoms with Crippen molar-refractivity contribution in [2.75, 3.05) is 6.54 Å². The average molecular weight is 378 g/mol. The van der Waals surface area contributed by atoms with E-state index < -0.39 is 41.7 Å². The Hall–Kier alpha value is -2.97. The summed E-state index contributed by atoms with van der Waals surface area (Å²) < 4.78 is 19.0. The SMILES string of the molecule is CC(C)(C)OC(=O)N1C[C@@H](F)C[C@H]1C(=O)ON1C(=O)c2ccccc2C1=O. The molecule has 2 heterocycles. The Labute approximate surface area is 154 Å². The standard InChI is InChI=1S/C18H19FN2O6/c1-18(2,3)26-17(25)20-9-10(19)8-13(20)16(24)27-21-14(22)11-6-4-5-7-12(11)15(21)23/h4-7,10,13H,8-9H2,1-3H3/t10-,13-/m0/s1. The summed E-state index contributed by atoms with van der Waals surface area (Å²) in [6.07, 6.45) is -2.62. The van der Waals surface area contributed by atoms with E-state index in [2.05, 4.69) is 0 Å². The molecular formula is C18H19FN2O6. The summed E-state index contributed by atoms with van der Waals surface area (Å²) in [5.41, 5.74) is -0.620. The number of hydrogen-bond donors (Lipinski definition) is 0. The fraction of sp³-hybridized carbons (Fsp3) is 0.444. The number of alkyl halides is 1. The lowest BCUT2D eigenvalue weighted by atomic mass is 10.1. The fourth-order valence-corrected chi connectivity index (χ4v) is 2.93. The number of fused-ring (bicyclic) bond motifs is 1. The summed E-state index contributed by atoms with van der Waals surface area (Å²) in [4.78, 5) is 55.1. The predicted molar refractivity (Wildman–Crippen MR) is 89.3 cm³/mol. The van der Waals surface area contributed by atoms with E-state index in [-0.39, 0.29) is 24.1 Å². The lowest BCUT2D eigenvalue weighted by Crippen LogP contribution is -2.46. The molecule has 144 valence electrons. The average Bonchev–Trinajstić information content (AvgIpc) is 3.08. The van der Waals surface area contributed by atoms with E-state index in [9.17, 15) is 23.6 Å². The molecular weight excluding hydrogens is 359 g/mol. The molecule has 1 aromatic rings. The van der Waals surface area contributed by atoms with E-state index in [1.165, 1.54) is 12.1 Å². The third kappa shape index (κ3) is 3.62. The van der Waals surface area contributed by atoms with Gasteiger partial charge in [-0.15, -0.1) is 0 Å². The van der Waals surface area contributed by atoms with Crippen molar-refractivity contribution in [3.05, 3.63) is 35.4 Å². The van der Waals surface area contributed by atoms with Crippen molar-refractivity contribution in [3.63, 3.8) is 0 Å².